The van der Waals surface area contributed by atoms with Crippen LogP contribution in [0.1, 0.15) is 21.6 Å². The van der Waals surface area contributed by atoms with Gasteiger partial charge in [-0.3, -0.25) is 9.89 Å². The second-order valence-corrected chi connectivity index (χ2v) is 5.52. The number of hydrazone groups is 1. The predicted octanol–water partition coefficient (Wildman–Crippen LogP) is 3.81. The molecule has 0 saturated carbocycles. The summed E-state index contributed by atoms with van der Waals surface area (Å²) in [6, 6.07) is 19.5. The Morgan fingerprint density at radius 1 is 1.12 bits per heavy atom. The molecule has 124 valence electrons. The number of hydrogen-bond donors (Lipinski definition) is 2. The van der Waals surface area contributed by atoms with Crippen molar-refractivity contribution in [2.24, 2.45) is 5.10 Å². The van der Waals surface area contributed by atoms with E-state index in [1.165, 1.54) is 11.8 Å². The van der Waals surface area contributed by atoms with Gasteiger partial charge in [0.25, 0.3) is 5.91 Å². The fraction of sp³-hybridized carbons (Fsp3) is 0.0500. The zero-order chi connectivity index (χ0) is 17.5. The molecular formula is C20H18N4O. The number of carbonyl (C=O) groups is 1. The summed E-state index contributed by atoms with van der Waals surface area (Å²) < 4.78 is 0. The van der Waals surface area contributed by atoms with Gasteiger partial charge in [0.2, 0.25) is 0 Å². The predicted molar refractivity (Wildman–Crippen MR) is 100 cm³/mol. The number of nitrogens with zero attached hydrogens (tertiary/aromatic N) is 2. The van der Waals surface area contributed by atoms with Crippen molar-refractivity contribution >= 4 is 18.2 Å². The van der Waals surface area contributed by atoms with Crippen molar-refractivity contribution in [1.82, 2.24) is 15.6 Å². The van der Waals surface area contributed by atoms with Crippen LogP contribution in [-0.4, -0.2) is 22.3 Å². The second-order valence-electron chi connectivity index (χ2n) is 5.52. The summed E-state index contributed by atoms with van der Waals surface area (Å²) in [5.41, 5.74) is 6.74. The summed E-state index contributed by atoms with van der Waals surface area (Å²) in [7, 11) is 0. The summed E-state index contributed by atoms with van der Waals surface area (Å²) in [4.78, 5) is 12.1. The standard InChI is InChI=1S/C20H18N4O/c1-15-9-11-17(12-10-15)18-14-19(23-22-18)20(25)24-21-13-5-8-16-6-3-2-4-7-16/h2-14H,1H3,(H,22,23)(H,24,25)/b8-5+,21-13-. The molecule has 0 fully saturated rings. The summed E-state index contributed by atoms with van der Waals surface area (Å²) in [6.45, 7) is 2.03. The van der Waals surface area contributed by atoms with Gasteiger partial charge in [0.15, 0.2) is 0 Å². The third kappa shape index (κ3) is 4.51. The number of H-pyrrole nitrogens is 1. The van der Waals surface area contributed by atoms with Crippen LogP contribution >= 0.6 is 0 Å². The Morgan fingerprint density at radius 2 is 1.88 bits per heavy atom. The van der Waals surface area contributed by atoms with Gasteiger partial charge in [-0.2, -0.15) is 10.2 Å². The van der Waals surface area contributed by atoms with Gasteiger partial charge in [-0.25, -0.2) is 5.43 Å². The highest BCUT2D eigenvalue weighted by Gasteiger charge is 2.09. The second kappa shape index (κ2) is 7.88. The molecule has 5 nitrogen and oxygen atoms in total. The lowest BCUT2D eigenvalue weighted by atomic mass is 10.1. The fourth-order valence-corrected chi connectivity index (χ4v) is 2.23. The molecule has 0 bridgehead atoms. The molecular weight excluding hydrogens is 312 g/mol. The Labute approximate surface area is 146 Å². The van der Waals surface area contributed by atoms with Crippen molar-refractivity contribution in [2.75, 3.05) is 0 Å². The molecule has 0 saturated heterocycles. The SMILES string of the molecule is Cc1ccc(-c2cc(C(=O)N/N=C\C=C\c3ccccc3)[nH]n2)cc1. The summed E-state index contributed by atoms with van der Waals surface area (Å²) in [5, 5.41) is 10.8. The molecule has 0 radical (unpaired) electrons. The molecule has 1 aromatic heterocycles. The topological polar surface area (TPSA) is 70.1 Å². The van der Waals surface area contributed by atoms with Crippen LogP contribution in [0.4, 0.5) is 0 Å². The first-order valence-corrected chi connectivity index (χ1v) is 7.90. The van der Waals surface area contributed by atoms with E-state index < -0.39 is 0 Å². The zero-order valence-electron chi connectivity index (χ0n) is 13.8. The van der Waals surface area contributed by atoms with Gasteiger partial charge < -0.3 is 0 Å². The van der Waals surface area contributed by atoms with Crippen molar-refractivity contribution in [3.05, 3.63) is 83.6 Å². The average molecular weight is 330 g/mol. The van der Waals surface area contributed by atoms with Crippen LogP contribution < -0.4 is 5.43 Å². The van der Waals surface area contributed by atoms with Crippen molar-refractivity contribution in [3.8, 4) is 11.3 Å². The maximum absolute atomic E-state index is 12.1. The highest BCUT2D eigenvalue weighted by atomic mass is 16.2. The highest BCUT2D eigenvalue weighted by molar-refractivity contribution is 5.93. The van der Waals surface area contributed by atoms with Gasteiger partial charge in [-0.05, 0) is 24.6 Å². The van der Waals surface area contributed by atoms with Gasteiger partial charge in [0.1, 0.15) is 5.69 Å². The number of aromatic amines is 1. The number of hydrogen-bond acceptors (Lipinski definition) is 3. The molecule has 0 spiro atoms. The lowest BCUT2D eigenvalue weighted by Gasteiger charge is -1.96. The molecule has 3 aromatic rings. The van der Waals surface area contributed by atoms with Crippen LogP contribution in [0.2, 0.25) is 0 Å². The average Bonchev–Trinajstić information content (AvgIpc) is 3.13. The van der Waals surface area contributed by atoms with Gasteiger partial charge >= 0.3 is 0 Å². The number of aryl methyl sites for hydroxylation is 1. The molecule has 2 aromatic carbocycles. The molecule has 0 unspecified atom stereocenters. The first kappa shape index (κ1) is 16.4. The molecule has 1 heterocycles. The van der Waals surface area contributed by atoms with Crippen LogP contribution in [0.15, 0.2) is 71.8 Å². The van der Waals surface area contributed by atoms with E-state index in [1.54, 1.807) is 12.1 Å². The van der Waals surface area contributed by atoms with Crippen LogP contribution in [-0.2, 0) is 0 Å². The third-order valence-electron chi connectivity index (χ3n) is 3.58. The van der Waals surface area contributed by atoms with E-state index >= 15 is 0 Å². The Balaban J connectivity index is 1.57. The van der Waals surface area contributed by atoms with Gasteiger partial charge in [-0.15, -0.1) is 0 Å². The number of aromatic nitrogens is 2. The summed E-state index contributed by atoms with van der Waals surface area (Å²) in [5.74, 6) is -0.338. The number of carbonyl (C=O) groups excluding carboxylic acids is 1. The van der Waals surface area contributed by atoms with Crippen LogP contribution in [0.5, 0.6) is 0 Å². The van der Waals surface area contributed by atoms with Crippen LogP contribution in [0, 0.1) is 6.92 Å². The van der Waals surface area contributed by atoms with E-state index in [2.05, 4.69) is 20.7 Å². The molecule has 5 heteroatoms. The van der Waals surface area contributed by atoms with E-state index in [-0.39, 0.29) is 5.91 Å². The molecule has 0 aliphatic heterocycles. The van der Waals surface area contributed by atoms with E-state index in [0.29, 0.717) is 5.69 Å². The molecule has 0 aliphatic carbocycles. The summed E-state index contributed by atoms with van der Waals surface area (Å²) >= 11 is 0. The number of amides is 1. The lowest BCUT2D eigenvalue weighted by molar-refractivity contribution is 0.0950. The first-order valence-electron chi connectivity index (χ1n) is 7.90. The fourth-order valence-electron chi connectivity index (χ4n) is 2.23. The van der Waals surface area contributed by atoms with Crippen LogP contribution in [0.3, 0.4) is 0 Å². The third-order valence-corrected chi connectivity index (χ3v) is 3.58. The van der Waals surface area contributed by atoms with E-state index in [9.17, 15) is 4.79 Å². The molecule has 3 rings (SSSR count). The number of nitrogens with one attached hydrogen (secondary N) is 2. The minimum absolute atomic E-state index is 0.338. The molecule has 0 aliphatic rings. The molecule has 0 atom stereocenters. The maximum Gasteiger partial charge on any atom is 0.289 e. The van der Waals surface area contributed by atoms with E-state index in [4.69, 9.17) is 0 Å². The minimum Gasteiger partial charge on any atom is -0.272 e. The first-order chi connectivity index (χ1) is 12.2. The highest BCUT2D eigenvalue weighted by Crippen LogP contribution is 2.18. The molecule has 1 amide bonds. The van der Waals surface area contributed by atoms with E-state index in [0.717, 1.165) is 16.8 Å². The number of benzene rings is 2. The largest absolute Gasteiger partial charge is 0.289 e. The Hall–Kier alpha value is -3.47. The molecule has 2 N–H and O–H groups in total. The lowest BCUT2D eigenvalue weighted by Crippen LogP contribution is -2.17. The van der Waals surface area contributed by atoms with Gasteiger partial charge in [-0.1, -0.05) is 66.2 Å². The zero-order valence-corrected chi connectivity index (χ0v) is 13.8. The maximum atomic E-state index is 12.1. The van der Waals surface area contributed by atoms with E-state index in [1.807, 2.05) is 67.6 Å². The Bertz CT molecular complexity index is 893. The van der Waals surface area contributed by atoms with Gasteiger partial charge in [0.05, 0.1) is 5.69 Å². The monoisotopic (exact) mass is 330 g/mol. The van der Waals surface area contributed by atoms with Crippen molar-refractivity contribution in [3.63, 3.8) is 0 Å². The van der Waals surface area contributed by atoms with Gasteiger partial charge in [0, 0.05) is 11.8 Å². The smallest absolute Gasteiger partial charge is 0.272 e. The number of allylic oxidation sites excluding steroid dienone is 1. The Morgan fingerprint density at radius 3 is 2.64 bits per heavy atom. The minimum atomic E-state index is -0.338. The Kier molecular flexibility index (Phi) is 5.16. The summed E-state index contributed by atoms with van der Waals surface area (Å²) in [6.07, 6.45) is 5.20. The quantitative estimate of drug-likeness (QED) is 0.551. The molecule has 25 heavy (non-hydrogen) atoms. The van der Waals surface area contributed by atoms with Crippen molar-refractivity contribution in [1.29, 1.82) is 0 Å². The van der Waals surface area contributed by atoms with Crippen LogP contribution in [0.25, 0.3) is 17.3 Å². The van der Waals surface area contributed by atoms with Crippen molar-refractivity contribution in [2.45, 2.75) is 6.92 Å². The van der Waals surface area contributed by atoms with Crippen molar-refractivity contribution < 1.29 is 4.79 Å². The normalized spacial score (nSPS) is 11.2. The number of rotatable bonds is 5.